The molecule has 2 heterocycles. The summed E-state index contributed by atoms with van der Waals surface area (Å²) >= 11 is 0. The highest BCUT2D eigenvalue weighted by atomic mass is 32.2. The van der Waals surface area contributed by atoms with Crippen LogP contribution in [0.25, 0.3) is 0 Å². The van der Waals surface area contributed by atoms with Gasteiger partial charge in [0, 0.05) is 30.7 Å². The van der Waals surface area contributed by atoms with Crippen molar-refractivity contribution >= 4 is 27.5 Å². The Morgan fingerprint density at radius 1 is 1.04 bits per heavy atom. The molecular formula is C17H23N3O4S. The zero-order chi connectivity index (χ0) is 17.9. The summed E-state index contributed by atoms with van der Waals surface area (Å²) in [5.74, 6) is -0.0677. The number of benzene rings is 1. The van der Waals surface area contributed by atoms with Crippen LogP contribution in [0.5, 0.6) is 0 Å². The summed E-state index contributed by atoms with van der Waals surface area (Å²) in [6.07, 6.45) is 1.67. The first-order chi connectivity index (χ1) is 11.9. The van der Waals surface area contributed by atoms with Crippen molar-refractivity contribution in [2.24, 2.45) is 5.92 Å². The van der Waals surface area contributed by atoms with Crippen molar-refractivity contribution in [3.05, 3.63) is 30.3 Å². The zero-order valence-corrected chi connectivity index (χ0v) is 14.8. The van der Waals surface area contributed by atoms with E-state index in [9.17, 15) is 18.0 Å². The molecule has 2 aliphatic heterocycles. The molecule has 2 saturated heterocycles. The van der Waals surface area contributed by atoms with Crippen molar-refractivity contribution in [3.8, 4) is 0 Å². The first kappa shape index (κ1) is 17.7. The number of para-hydroxylation sites is 1. The maximum Gasteiger partial charge on any atom is 0.321 e. The van der Waals surface area contributed by atoms with E-state index in [0.717, 1.165) is 5.69 Å². The van der Waals surface area contributed by atoms with Crippen molar-refractivity contribution in [2.45, 2.75) is 25.3 Å². The predicted octanol–water partition coefficient (Wildman–Crippen LogP) is 1.23. The minimum Gasteiger partial charge on any atom is -0.352 e. The number of carbonyl (C=O) groups is 2. The Labute approximate surface area is 147 Å². The maximum absolute atomic E-state index is 12.3. The second kappa shape index (κ2) is 7.43. The van der Waals surface area contributed by atoms with Crippen molar-refractivity contribution in [2.75, 3.05) is 29.9 Å². The number of hydrogen-bond acceptors (Lipinski definition) is 4. The number of carbonyl (C=O) groups excluding carboxylic acids is 2. The molecule has 2 aliphatic rings. The summed E-state index contributed by atoms with van der Waals surface area (Å²) in [6, 6.07) is 8.82. The van der Waals surface area contributed by atoms with E-state index in [2.05, 4.69) is 10.6 Å². The fraction of sp³-hybridized carbons (Fsp3) is 0.529. The van der Waals surface area contributed by atoms with Gasteiger partial charge in [0.05, 0.1) is 11.5 Å². The monoisotopic (exact) mass is 365 g/mol. The second-order valence-electron chi connectivity index (χ2n) is 6.67. The molecule has 0 aromatic heterocycles. The quantitative estimate of drug-likeness (QED) is 0.842. The van der Waals surface area contributed by atoms with Crippen molar-refractivity contribution in [1.82, 2.24) is 10.2 Å². The van der Waals surface area contributed by atoms with E-state index in [1.807, 2.05) is 30.3 Å². The Kier molecular flexibility index (Phi) is 5.27. The molecule has 0 aliphatic carbocycles. The van der Waals surface area contributed by atoms with Crippen molar-refractivity contribution in [3.63, 3.8) is 0 Å². The smallest absolute Gasteiger partial charge is 0.321 e. The summed E-state index contributed by atoms with van der Waals surface area (Å²) in [7, 11) is -3.00. The molecular weight excluding hydrogens is 342 g/mol. The molecule has 136 valence electrons. The molecule has 2 fully saturated rings. The molecule has 25 heavy (non-hydrogen) atoms. The fourth-order valence-corrected chi connectivity index (χ4v) is 4.97. The summed E-state index contributed by atoms with van der Waals surface area (Å²) in [4.78, 5) is 26.3. The molecule has 7 nitrogen and oxygen atoms in total. The van der Waals surface area contributed by atoms with Gasteiger partial charge in [0.1, 0.15) is 0 Å². The molecule has 0 radical (unpaired) electrons. The van der Waals surface area contributed by atoms with Gasteiger partial charge in [-0.15, -0.1) is 0 Å². The molecule has 3 amide bonds. The summed E-state index contributed by atoms with van der Waals surface area (Å²) in [5.41, 5.74) is 0.745. The lowest BCUT2D eigenvalue weighted by Gasteiger charge is -2.31. The number of piperidine rings is 1. The van der Waals surface area contributed by atoms with Gasteiger partial charge in [-0.2, -0.15) is 0 Å². The van der Waals surface area contributed by atoms with Crippen LogP contribution in [-0.4, -0.2) is 55.9 Å². The van der Waals surface area contributed by atoms with Crippen LogP contribution in [0.2, 0.25) is 0 Å². The number of amides is 3. The minimum atomic E-state index is -3.00. The van der Waals surface area contributed by atoms with Crippen molar-refractivity contribution < 1.29 is 18.0 Å². The molecule has 1 unspecified atom stereocenters. The SMILES string of the molecule is O=C(NC1CCS(=O)(=O)C1)C1CCN(C(=O)Nc2ccccc2)CC1. The van der Waals surface area contributed by atoms with Crippen LogP contribution >= 0.6 is 0 Å². The second-order valence-corrected chi connectivity index (χ2v) is 8.89. The molecule has 1 atom stereocenters. The van der Waals surface area contributed by atoms with Crippen LogP contribution < -0.4 is 10.6 Å². The van der Waals surface area contributed by atoms with Gasteiger partial charge in [0.25, 0.3) is 0 Å². The third kappa shape index (κ3) is 4.72. The fourth-order valence-electron chi connectivity index (χ4n) is 3.30. The normalized spacial score (nSPS) is 23.2. The third-order valence-corrected chi connectivity index (χ3v) is 6.52. The van der Waals surface area contributed by atoms with E-state index in [1.165, 1.54) is 0 Å². The Balaban J connectivity index is 1.45. The van der Waals surface area contributed by atoms with Crippen LogP contribution in [0.15, 0.2) is 30.3 Å². The first-order valence-electron chi connectivity index (χ1n) is 8.55. The van der Waals surface area contributed by atoms with E-state index in [4.69, 9.17) is 0 Å². The van der Waals surface area contributed by atoms with E-state index < -0.39 is 9.84 Å². The third-order valence-electron chi connectivity index (χ3n) is 4.76. The summed E-state index contributed by atoms with van der Waals surface area (Å²) in [5, 5.41) is 5.69. The highest BCUT2D eigenvalue weighted by molar-refractivity contribution is 7.91. The number of likely N-dealkylation sites (tertiary alicyclic amines) is 1. The maximum atomic E-state index is 12.3. The number of sulfone groups is 1. The molecule has 0 saturated carbocycles. The number of hydrogen-bond donors (Lipinski definition) is 2. The number of nitrogens with zero attached hydrogens (tertiary/aromatic N) is 1. The number of urea groups is 1. The van der Waals surface area contributed by atoms with Gasteiger partial charge in [0.2, 0.25) is 5.91 Å². The summed E-state index contributed by atoms with van der Waals surface area (Å²) < 4.78 is 22.9. The van der Waals surface area contributed by atoms with Crippen LogP contribution in [0.1, 0.15) is 19.3 Å². The highest BCUT2D eigenvalue weighted by Gasteiger charge is 2.32. The lowest BCUT2D eigenvalue weighted by molar-refractivity contribution is -0.126. The topological polar surface area (TPSA) is 95.6 Å². The largest absolute Gasteiger partial charge is 0.352 e. The number of nitrogens with one attached hydrogen (secondary N) is 2. The minimum absolute atomic E-state index is 0.0388. The first-order valence-corrected chi connectivity index (χ1v) is 10.4. The Morgan fingerprint density at radius 2 is 1.72 bits per heavy atom. The van der Waals surface area contributed by atoms with E-state index in [0.29, 0.717) is 32.4 Å². The standard InChI is InChI=1S/C17H23N3O4S/c21-16(18-15-8-11-25(23,24)12-15)13-6-9-20(10-7-13)17(22)19-14-4-2-1-3-5-14/h1-5,13,15H,6-12H2,(H,18,21)(H,19,22). The van der Waals surface area contributed by atoms with Crippen LogP contribution in [-0.2, 0) is 14.6 Å². The number of anilines is 1. The lowest BCUT2D eigenvalue weighted by Crippen LogP contribution is -2.46. The predicted molar refractivity (Wildman–Crippen MR) is 95.0 cm³/mol. The highest BCUT2D eigenvalue weighted by Crippen LogP contribution is 2.20. The Bertz CT molecular complexity index is 728. The zero-order valence-electron chi connectivity index (χ0n) is 14.0. The van der Waals surface area contributed by atoms with Crippen LogP contribution in [0.3, 0.4) is 0 Å². The van der Waals surface area contributed by atoms with Gasteiger partial charge in [-0.05, 0) is 31.4 Å². The molecule has 1 aromatic rings. The number of rotatable bonds is 3. The molecule has 1 aromatic carbocycles. The van der Waals surface area contributed by atoms with Gasteiger partial charge < -0.3 is 15.5 Å². The molecule has 3 rings (SSSR count). The van der Waals surface area contributed by atoms with Gasteiger partial charge in [-0.1, -0.05) is 18.2 Å². The van der Waals surface area contributed by atoms with E-state index >= 15 is 0 Å². The van der Waals surface area contributed by atoms with E-state index in [-0.39, 0.29) is 35.4 Å². The van der Waals surface area contributed by atoms with Crippen LogP contribution in [0.4, 0.5) is 10.5 Å². The molecule has 8 heteroatoms. The van der Waals surface area contributed by atoms with E-state index in [1.54, 1.807) is 4.90 Å². The summed E-state index contributed by atoms with van der Waals surface area (Å²) in [6.45, 7) is 1.03. The average molecular weight is 365 g/mol. The average Bonchev–Trinajstić information content (AvgIpc) is 2.94. The van der Waals surface area contributed by atoms with Crippen LogP contribution in [0, 0.1) is 5.92 Å². The van der Waals surface area contributed by atoms with Gasteiger partial charge in [-0.25, -0.2) is 13.2 Å². The van der Waals surface area contributed by atoms with Gasteiger partial charge >= 0.3 is 6.03 Å². The van der Waals surface area contributed by atoms with Gasteiger partial charge in [-0.3, -0.25) is 4.79 Å². The molecule has 0 bridgehead atoms. The van der Waals surface area contributed by atoms with Crippen molar-refractivity contribution in [1.29, 1.82) is 0 Å². The lowest BCUT2D eigenvalue weighted by atomic mass is 9.95. The molecule has 0 spiro atoms. The Hall–Kier alpha value is -2.09. The van der Waals surface area contributed by atoms with Gasteiger partial charge in [0.15, 0.2) is 9.84 Å². The molecule has 2 N–H and O–H groups in total. The Morgan fingerprint density at radius 3 is 2.32 bits per heavy atom.